The number of nitrogens with zero attached hydrogens (tertiary/aromatic N) is 1. The third-order valence-corrected chi connectivity index (χ3v) is 4.52. The lowest BCUT2D eigenvalue weighted by molar-refractivity contribution is -0.216. The van der Waals surface area contributed by atoms with E-state index < -0.39 is 17.5 Å². The Kier molecular flexibility index (Phi) is 5.48. The lowest BCUT2D eigenvalue weighted by atomic mass is 9.85. The number of carbonyl (C=O) groups excluding carboxylic acids is 1. The topological polar surface area (TPSA) is 44.4 Å². The SMILES string of the molecule is O=C(NCCCN1CCCCC1)C1(C(F)(F)F)CCNC1. The maximum absolute atomic E-state index is 13.2. The second-order valence-corrected chi connectivity index (χ2v) is 6.02. The van der Waals surface area contributed by atoms with Crippen LogP contribution < -0.4 is 10.6 Å². The van der Waals surface area contributed by atoms with Crippen LogP contribution in [0.4, 0.5) is 13.2 Å². The molecule has 2 aliphatic heterocycles. The van der Waals surface area contributed by atoms with Crippen LogP contribution in [0.25, 0.3) is 0 Å². The normalized spacial score (nSPS) is 27.8. The van der Waals surface area contributed by atoms with Crippen LogP contribution in [0.5, 0.6) is 0 Å². The molecule has 21 heavy (non-hydrogen) atoms. The van der Waals surface area contributed by atoms with Crippen molar-refractivity contribution in [2.75, 3.05) is 39.3 Å². The van der Waals surface area contributed by atoms with Gasteiger partial charge in [-0.05, 0) is 51.9 Å². The highest BCUT2D eigenvalue weighted by Gasteiger charge is 2.61. The summed E-state index contributed by atoms with van der Waals surface area (Å²) in [7, 11) is 0. The van der Waals surface area contributed by atoms with Gasteiger partial charge < -0.3 is 15.5 Å². The van der Waals surface area contributed by atoms with E-state index in [1.807, 2.05) is 0 Å². The molecule has 0 aromatic heterocycles. The summed E-state index contributed by atoms with van der Waals surface area (Å²) in [6.45, 7) is 3.20. The lowest BCUT2D eigenvalue weighted by Gasteiger charge is -2.30. The van der Waals surface area contributed by atoms with Crippen LogP contribution in [-0.2, 0) is 4.79 Å². The van der Waals surface area contributed by atoms with Crippen molar-refractivity contribution in [3.63, 3.8) is 0 Å². The minimum Gasteiger partial charge on any atom is -0.355 e. The third-order valence-electron chi connectivity index (χ3n) is 4.52. The molecule has 2 saturated heterocycles. The summed E-state index contributed by atoms with van der Waals surface area (Å²) in [4.78, 5) is 14.3. The molecule has 1 atom stereocenters. The summed E-state index contributed by atoms with van der Waals surface area (Å²) in [5.74, 6) is -0.876. The van der Waals surface area contributed by atoms with Crippen molar-refractivity contribution in [1.29, 1.82) is 0 Å². The fourth-order valence-electron chi connectivity index (χ4n) is 3.11. The monoisotopic (exact) mass is 307 g/mol. The van der Waals surface area contributed by atoms with Gasteiger partial charge >= 0.3 is 6.18 Å². The average molecular weight is 307 g/mol. The molecule has 1 unspecified atom stereocenters. The number of likely N-dealkylation sites (tertiary alicyclic amines) is 1. The van der Waals surface area contributed by atoms with Gasteiger partial charge in [-0.15, -0.1) is 0 Å². The molecule has 0 radical (unpaired) electrons. The molecule has 4 nitrogen and oxygen atoms in total. The zero-order valence-electron chi connectivity index (χ0n) is 12.3. The van der Waals surface area contributed by atoms with Crippen molar-refractivity contribution < 1.29 is 18.0 Å². The molecule has 0 aliphatic carbocycles. The van der Waals surface area contributed by atoms with E-state index in [-0.39, 0.29) is 19.5 Å². The molecular formula is C14H24F3N3O. The quantitative estimate of drug-likeness (QED) is 0.757. The van der Waals surface area contributed by atoms with Crippen molar-refractivity contribution in [1.82, 2.24) is 15.5 Å². The summed E-state index contributed by atoms with van der Waals surface area (Å²) in [6.07, 6.45) is -0.326. The smallest absolute Gasteiger partial charge is 0.355 e. The highest BCUT2D eigenvalue weighted by atomic mass is 19.4. The number of carbonyl (C=O) groups is 1. The Hall–Kier alpha value is -0.820. The third kappa shape index (κ3) is 3.88. The fraction of sp³-hybridized carbons (Fsp3) is 0.929. The second-order valence-electron chi connectivity index (χ2n) is 6.02. The summed E-state index contributed by atoms with van der Waals surface area (Å²) < 4.78 is 39.5. The zero-order valence-corrected chi connectivity index (χ0v) is 12.3. The van der Waals surface area contributed by atoms with Gasteiger partial charge in [0.1, 0.15) is 0 Å². The minimum atomic E-state index is -4.49. The van der Waals surface area contributed by atoms with Gasteiger partial charge in [-0.2, -0.15) is 13.2 Å². The largest absolute Gasteiger partial charge is 0.404 e. The van der Waals surface area contributed by atoms with Gasteiger partial charge in [0, 0.05) is 13.1 Å². The van der Waals surface area contributed by atoms with Gasteiger partial charge in [-0.25, -0.2) is 0 Å². The molecule has 2 heterocycles. The Labute approximate surface area is 123 Å². The Morgan fingerprint density at radius 1 is 1.24 bits per heavy atom. The molecule has 0 aromatic rings. The lowest BCUT2D eigenvalue weighted by Crippen LogP contribution is -2.52. The van der Waals surface area contributed by atoms with Crippen LogP contribution >= 0.6 is 0 Å². The van der Waals surface area contributed by atoms with Gasteiger partial charge in [0.05, 0.1) is 0 Å². The van der Waals surface area contributed by atoms with E-state index in [9.17, 15) is 18.0 Å². The number of hydrogen-bond acceptors (Lipinski definition) is 3. The predicted molar refractivity (Wildman–Crippen MR) is 73.9 cm³/mol. The van der Waals surface area contributed by atoms with Gasteiger partial charge in [-0.1, -0.05) is 6.42 Å². The molecule has 2 fully saturated rings. The molecule has 0 aromatic carbocycles. The summed E-state index contributed by atoms with van der Waals surface area (Å²) >= 11 is 0. The van der Waals surface area contributed by atoms with Crippen molar-refractivity contribution in [3.8, 4) is 0 Å². The van der Waals surface area contributed by atoms with Gasteiger partial charge in [0.2, 0.25) is 5.91 Å². The predicted octanol–water partition coefficient (Wildman–Crippen LogP) is 1.52. The highest BCUT2D eigenvalue weighted by molar-refractivity contribution is 5.84. The van der Waals surface area contributed by atoms with Crippen LogP contribution in [0.1, 0.15) is 32.1 Å². The van der Waals surface area contributed by atoms with E-state index in [0.717, 1.165) is 19.6 Å². The molecule has 2 rings (SSSR count). The number of hydrogen-bond donors (Lipinski definition) is 2. The Balaban J connectivity index is 1.75. The van der Waals surface area contributed by atoms with Crippen molar-refractivity contribution in [3.05, 3.63) is 0 Å². The van der Waals surface area contributed by atoms with Gasteiger partial charge in [0.15, 0.2) is 5.41 Å². The van der Waals surface area contributed by atoms with E-state index in [1.54, 1.807) is 0 Å². The number of rotatable bonds is 5. The first-order chi connectivity index (χ1) is 9.96. The van der Waals surface area contributed by atoms with E-state index in [1.165, 1.54) is 19.3 Å². The van der Waals surface area contributed by atoms with Crippen LogP contribution in [0.15, 0.2) is 0 Å². The van der Waals surface area contributed by atoms with E-state index in [2.05, 4.69) is 15.5 Å². The molecule has 7 heteroatoms. The molecule has 0 saturated carbocycles. The van der Waals surface area contributed by atoms with Gasteiger partial charge in [0.25, 0.3) is 0 Å². The van der Waals surface area contributed by atoms with E-state index >= 15 is 0 Å². The Morgan fingerprint density at radius 2 is 1.95 bits per heavy atom. The highest BCUT2D eigenvalue weighted by Crippen LogP contribution is 2.43. The first kappa shape index (κ1) is 16.5. The molecule has 2 N–H and O–H groups in total. The van der Waals surface area contributed by atoms with Crippen LogP contribution in [0.2, 0.25) is 0 Å². The number of halogens is 3. The average Bonchev–Trinajstić information content (AvgIpc) is 2.95. The number of alkyl halides is 3. The standard InChI is InChI=1S/C14H24F3N3O/c15-14(16,17)13(5-7-18-11-13)12(21)19-6-4-10-20-8-2-1-3-9-20/h18H,1-11H2,(H,19,21). The summed E-state index contributed by atoms with van der Waals surface area (Å²) in [5.41, 5.74) is -2.24. The first-order valence-corrected chi connectivity index (χ1v) is 7.74. The van der Waals surface area contributed by atoms with Crippen molar-refractivity contribution >= 4 is 5.91 Å². The Morgan fingerprint density at radius 3 is 2.52 bits per heavy atom. The molecule has 122 valence electrons. The number of nitrogens with one attached hydrogen (secondary N) is 2. The molecule has 1 amide bonds. The van der Waals surface area contributed by atoms with Crippen molar-refractivity contribution in [2.45, 2.75) is 38.3 Å². The Bertz CT molecular complexity index is 348. The zero-order chi connectivity index (χ0) is 15.3. The maximum atomic E-state index is 13.2. The molecular weight excluding hydrogens is 283 g/mol. The maximum Gasteiger partial charge on any atom is 0.404 e. The summed E-state index contributed by atoms with van der Waals surface area (Å²) in [5, 5.41) is 5.14. The van der Waals surface area contributed by atoms with E-state index in [4.69, 9.17) is 0 Å². The number of piperidine rings is 1. The van der Waals surface area contributed by atoms with Crippen molar-refractivity contribution in [2.24, 2.45) is 5.41 Å². The van der Waals surface area contributed by atoms with E-state index in [0.29, 0.717) is 13.0 Å². The van der Waals surface area contributed by atoms with Gasteiger partial charge in [-0.3, -0.25) is 4.79 Å². The van der Waals surface area contributed by atoms with Crippen LogP contribution in [-0.4, -0.2) is 56.3 Å². The summed E-state index contributed by atoms with van der Waals surface area (Å²) in [6, 6.07) is 0. The second kappa shape index (κ2) is 6.96. The van der Waals surface area contributed by atoms with Crippen LogP contribution in [0, 0.1) is 5.41 Å². The molecule has 0 spiro atoms. The van der Waals surface area contributed by atoms with Crippen LogP contribution in [0.3, 0.4) is 0 Å². The molecule has 2 aliphatic rings. The number of amides is 1. The minimum absolute atomic E-state index is 0.172. The first-order valence-electron chi connectivity index (χ1n) is 7.74. The fourth-order valence-corrected chi connectivity index (χ4v) is 3.11. The molecule has 0 bridgehead atoms.